The fourth-order valence-corrected chi connectivity index (χ4v) is 2.41. The fourth-order valence-electron chi connectivity index (χ4n) is 2.41. The predicted molar refractivity (Wildman–Crippen MR) is 73.5 cm³/mol. The van der Waals surface area contributed by atoms with E-state index in [-0.39, 0.29) is 5.69 Å². The van der Waals surface area contributed by atoms with Crippen LogP contribution in [0.1, 0.15) is 25.7 Å². The van der Waals surface area contributed by atoms with E-state index in [2.05, 4.69) is 10.2 Å². The number of anilines is 2. The van der Waals surface area contributed by atoms with Crippen LogP contribution >= 0.6 is 0 Å². The van der Waals surface area contributed by atoms with Crippen molar-refractivity contribution in [3.63, 3.8) is 0 Å². The molecule has 1 aliphatic rings. The van der Waals surface area contributed by atoms with Crippen LogP contribution in [0.5, 0.6) is 0 Å². The number of benzene rings is 1. The minimum Gasteiger partial charge on any atom is -0.366 e. The van der Waals surface area contributed by atoms with Gasteiger partial charge in [-0.2, -0.15) is 0 Å². The quantitative estimate of drug-likeness (QED) is 0.514. The number of carbonyl (C=O) groups is 1. The van der Waals surface area contributed by atoms with E-state index in [1.54, 1.807) is 12.1 Å². The molecule has 0 atom stereocenters. The van der Waals surface area contributed by atoms with Crippen molar-refractivity contribution in [3.8, 4) is 0 Å². The maximum absolute atomic E-state index is 11.2. The molecule has 1 amide bonds. The highest BCUT2D eigenvalue weighted by Crippen LogP contribution is 2.32. The van der Waals surface area contributed by atoms with Crippen molar-refractivity contribution >= 4 is 23.5 Å². The Morgan fingerprint density at radius 2 is 1.89 bits per heavy atom. The van der Waals surface area contributed by atoms with Crippen LogP contribution in [0.2, 0.25) is 0 Å². The Kier molecular flexibility index (Phi) is 4.33. The van der Waals surface area contributed by atoms with Gasteiger partial charge in [-0.3, -0.25) is 14.9 Å². The third-order valence-corrected chi connectivity index (χ3v) is 3.34. The van der Waals surface area contributed by atoms with Crippen molar-refractivity contribution in [1.29, 1.82) is 0 Å². The molecule has 1 aliphatic heterocycles. The summed E-state index contributed by atoms with van der Waals surface area (Å²) in [5.41, 5.74) is 1.14. The van der Waals surface area contributed by atoms with Gasteiger partial charge < -0.3 is 10.2 Å². The van der Waals surface area contributed by atoms with Crippen molar-refractivity contribution in [2.45, 2.75) is 25.7 Å². The molecule has 1 fully saturated rings. The summed E-state index contributed by atoms with van der Waals surface area (Å²) in [4.78, 5) is 23.2. The predicted octanol–water partition coefficient (Wildman–Crippen LogP) is 2.54. The molecular weight excluding hydrogens is 246 g/mol. The number of hydrogen-bond acceptors (Lipinski definition) is 4. The number of nitrogens with zero attached hydrogens (tertiary/aromatic N) is 2. The third kappa shape index (κ3) is 3.21. The molecule has 0 unspecified atom stereocenters. The largest absolute Gasteiger partial charge is 0.366 e. The maximum Gasteiger partial charge on any atom is 0.294 e. The maximum atomic E-state index is 11.2. The summed E-state index contributed by atoms with van der Waals surface area (Å²) < 4.78 is 0. The molecular formula is C13H17N3O3. The molecule has 0 spiro atoms. The van der Waals surface area contributed by atoms with Gasteiger partial charge in [0.05, 0.1) is 4.92 Å². The highest BCUT2D eigenvalue weighted by atomic mass is 16.6. The monoisotopic (exact) mass is 263 g/mol. The summed E-state index contributed by atoms with van der Waals surface area (Å²) >= 11 is 0. The van der Waals surface area contributed by atoms with Crippen LogP contribution in [0.15, 0.2) is 18.2 Å². The van der Waals surface area contributed by atoms with E-state index in [1.807, 2.05) is 0 Å². The first kappa shape index (κ1) is 13.3. The SMILES string of the molecule is O=CNc1ccc(N2CCCCCC2)c([N+](=O)[O-])c1. The lowest BCUT2D eigenvalue weighted by molar-refractivity contribution is -0.384. The Balaban J connectivity index is 2.32. The van der Waals surface area contributed by atoms with Crippen LogP contribution in [0.3, 0.4) is 0 Å². The molecule has 1 aromatic rings. The number of hydrogen-bond donors (Lipinski definition) is 1. The Hall–Kier alpha value is -2.11. The normalized spacial score (nSPS) is 15.7. The zero-order valence-electron chi connectivity index (χ0n) is 10.7. The average Bonchev–Trinajstić information content (AvgIpc) is 2.68. The molecule has 1 aromatic carbocycles. The van der Waals surface area contributed by atoms with Crippen LogP contribution in [0.25, 0.3) is 0 Å². The number of amides is 1. The Morgan fingerprint density at radius 1 is 1.21 bits per heavy atom. The molecule has 6 heteroatoms. The van der Waals surface area contributed by atoms with Crippen molar-refractivity contribution in [3.05, 3.63) is 28.3 Å². The zero-order valence-corrected chi connectivity index (χ0v) is 10.7. The second-order valence-electron chi connectivity index (χ2n) is 4.62. The van der Waals surface area contributed by atoms with Gasteiger partial charge in [-0.1, -0.05) is 12.8 Å². The van der Waals surface area contributed by atoms with Crippen LogP contribution < -0.4 is 10.2 Å². The molecule has 0 saturated carbocycles. The minimum absolute atomic E-state index is 0.0498. The van der Waals surface area contributed by atoms with Gasteiger partial charge in [0.25, 0.3) is 5.69 Å². The van der Waals surface area contributed by atoms with Gasteiger partial charge in [-0.25, -0.2) is 0 Å². The first-order valence-electron chi connectivity index (χ1n) is 6.46. The minimum atomic E-state index is -0.393. The molecule has 1 saturated heterocycles. The van der Waals surface area contributed by atoms with Crippen LogP contribution in [-0.2, 0) is 4.79 Å². The number of carbonyl (C=O) groups excluding carboxylic acids is 1. The van der Waals surface area contributed by atoms with Gasteiger partial charge in [0.1, 0.15) is 5.69 Å². The first-order chi connectivity index (χ1) is 9.22. The van der Waals surface area contributed by atoms with Gasteiger partial charge in [0.15, 0.2) is 0 Å². The van der Waals surface area contributed by atoms with E-state index in [0.29, 0.717) is 17.8 Å². The molecule has 2 rings (SSSR count). The molecule has 0 radical (unpaired) electrons. The summed E-state index contributed by atoms with van der Waals surface area (Å²) in [7, 11) is 0. The molecule has 0 aromatic heterocycles. The molecule has 0 bridgehead atoms. The van der Waals surface area contributed by atoms with Crippen molar-refractivity contribution in [2.75, 3.05) is 23.3 Å². The lowest BCUT2D eigenvalue weighted by Gasteiger charge is -2.22. The summed E-state index contributed by atoms with van der Waals surface area (Å²) in [6, 6.07) is 4.82. The topological polar surface area (TPSA) is 75.5 Å². The van der Waals surface area contributed by atoms with Crippen LogP contribution in [-0.4, -0.2) is 24.4 Å². The summed E-state index contributed by atoms with van der Waals surface area (Å²) in [5.74, 6) is 0. The van der Waals surface area contributed by atoms with Gasteiger partial charge in [-0.05, 0) is 25.0 Å². The molecule has 6 nitrogen and oxygen atoms in total. The number of nitro benzene ring substituents is 1. The summed E-state index contributed by atoms with van der Waals surface area (Å²) in [6.07, 6.45) is 4.99. The molecule has 1 N–H and O–H groups in total. The van der Waals surface area contributed by atoms with E-state index in [9.17, 15) is 14.9 Å². The van der Waals surface area contributed by atoms with Gasteiger partial charge in [-0.15, -0.1) is 0 Å². The van der Waals surface area contributed by atoms with Crippen LogP contribution in [0.4, 0.5) is 17.1 Å². The van der Waals surface area contributed by atoms with Gasteiger partial charge >= 0.3 is 0 Å². The third-order valence-electron chi connectivity index (χ3n) is 3.34. The highest BCUT2D eigenvalue weighted by Gasteiger charge is 2.20. The standard InChI is InChI=1S/C13H17N3O3/c17-10-14-11-5-6-12(13(9-11)16(18)19)15-7-3-1-2-4-8-15/h5-6,9-10H,1-4,7-8H2,(H,14,17). The van der Waals surface area contributed by atoms with Gasteiger partial charge in [0, 0.05) is 24.8 Å². The van der Waals surface area contributed by atoms with Crippen molar-refractivity contribution in [2.24, 2.45) is 0 Å². The zero-order chi connectivity index (χ0) is 13.7. The number of nitro groups is 1. The van der Waals surface area contributed by atoms with E-state index >= 15 is 0 Å². The van der Waals surface area contributed by atoms with E-state index in [0.717, 1.165) is 25.9 Å². The Bertz CT molecular complexity index is 468. The molecule has 102 valence electrons. The van der Waals surface area contributed by atoms with Gasteiger partial charge in [0.2, 0.25) is 6.41 Å². The first-order valence-corrected chi connectivity index (χ1v) is 6.46. The molecule has 0 aliphatic carbocycles. The number of nitrogens with one attached hydrogen (secondary N) is 1. The van der Waals surface area contributed by atoms with E-state index < -0.39 is 4.92 Å². The second kappa shape index (κ2) is 6.17. The highest BCUT2D eigenvalue weighted by molar-refractivity contribution is 5.76. The Morgan fingerprint density at radius 3 is 2.47 bits per heavy atom. The summed E-state index contributed by atoms with van der Waals surface area (Å²) in [6.45, 7) is 1.70. The lowest BCUT2D eigenvalue weighted by Crippen LogP contribution is -2.24. The van der Waals surface area contributed by atoms with Crippen LogP contribution in [0, 0.1) is 10.1 Å². The summed E-state index contributed by atoms with van der Waals surface area (Å²) in [5, 5.41) is 13.6. The second-order valence-corrected chi connectivity index (χ2v) is 4.62. The van der Waals surface area contributed by atoms with Crippen molar-refractivity contribution < 1.29 is 9.72 Å². The average molecular weight is 263 g/mol. The smallest absolute Gasteiger partial charge is 0.294 e. The molecule has 1 heterocycles. The number of rotatable bonds is 4. The Labute approximate surface area is 111 Å². The van der Waals surface area contributed by atoms with E-state index in [4.69, 9.17) is 0 Å². The fraction of sp³-hybridized carbons (Fsp3) is 0.462. The van der Waals surface area contributed by atoms with E-state index in [1.165, 1.54) is 18.9 Å². The lowest BCUT2D eigenvalue weighted by atomic mass is 10.2. The molecule has 19 heavy (non-hydrogen) atoms. The van der Waals surface area contributed by atoms with Crippen molar-refractivity contribution in [1.82, 2.24) is 0 Å².